The lowest BCUT2D eigenvalue weighted by Crippen LogP contribution is -2.11. The maximum Gasteiger partial charge on any atom is 0.0540 e. The molecular weight excluding hydrogens is 527 g/mol. The Morgan fingerprint density at radius 1 is 0.381 bits per heavy atom. The molecule has 0 atom stereocenters. The Hall–Kier alpha value is -5.18. The molecule has 0 aliphatic rings. The molecular formula is C40H27NS. The van der Waals surface area contributed by atoms with Crippen molar-refractivity contribution >= 4 is 59.3 Å². The highest BCUT2D eigenvalue weighted by atomic mass is 32.1. The molecule has 1 aromatic heterocycles. The average Bonchev–Trinajstić information content (AvgIpc) is 3.43. The zero-order valence-corrected chi connectivity index (χ0v) is 23.8. The van der Waals surface area contributed by atoms with Crippen LogP contribution in [0, 0.1) is 0 Å². The van der Waals surface area contributed by atoms with E-state index in [-0.39, 0.29) is 0 Å². The fraction of sp³-hybridized carbons (Fsp3) is 0. The Morgan fingerprint density at radius 3 is 1.83 bits per heavy atom. The summed E-state index contributed by atoms with van der Waals surface area (Å²) >= 11 is 1.87. The molecule has 0 radical (unpaired) electrons. The maximum absolute atomic E-state index is 2.43. The van der Waals surface area contributed by atoms with Crippen LogP contribution in [0.1, 0.15) is 0 Å². The molecule has 0 bridgehead atoms. The summed E-state index contributed by atoms with van der Waals surface area (Å²) in [5.74, 6) is 0. The van der Waals surface area contributed by atoms with Crippen LogP contribution in [0.4, 0.5) is 17.1 Å². The van der Waals surface area contributed by atoms with E-state index < -0.39 is 0 Å². The first kappa shape index (κ1) is 24.6. The van der Waals surface area contributed by atoms with Crippen molar-refractivity contribution in [1.82, 2.24) is 0 Å². The Balaban J connectivity index is 1.37. The SMILES string of the molecule is c1ccc(-c2ccc(N(c3ccccc3-c3ccccc3)c3cccc4cc5c(cc34)sc3ccccc35)cc2)cc1. The van der Waals surface area contributed by atoms with Crippen molar-refractivity contribution in [3.8, 4) is 22.3 Å². The molecule has 0 aliphatic heterocycles. The largest absolute Gasteiger partial charge is 0.309 e. The maximum atomic E-state index is 2.43. The van der Waals surface area contributed by atoms with Crippen molar-refractivity contribution in [3.63, 3.8) is 0 Å². The summed E-state index contributed by atoms with van der Waals surface area (Å²) in [5.41, 5.74) is 8.28. The van der Waals surface area contributed by atoms with Gasteiger partial charge in [-0.05, 0) is 64.5 Å². The van der Waals surface area contributed by atoms with Gasteiger partial charge >= 0.3 is 0 Å². The third-order valence-electron chi connectivity index (χ3n) is 8.06. The molecule has 0 saturated carbocycles. The molecule has 7 aromatic carbocycles. The lowest BCUT2D eigenvalue weighted by atomic mass is 9.99. The average molecular weight is 554 g/mol. The quantitative estimate of drug-likeness (QED) is 0.205. The molecule has 0 N–H and O–H groups in total. The highest BCUT2D eigenvalue weighted by molar-refractivity contribution is 7.25. The standard InChI is InChI=1S/C40H27NS/c1-3-12-28(13-4-1)29-22-24-32(25-23-29)41(37-19-9-7-17-33(37)30-14-5-2-6-15-30)38-20-11-16-31-26-36-34-18-8-10-21-39(34)42-40(36)27-35(31)38/h1-27H. The van der Waals surface area contributed by atoms with Gasteiger partial charge in [-0.1, -0.05) is 121 Å². The van der Waals surface area contributed by atoms with Gasteiger partial charge in [0.05, 0.1) is 11.4 Å². The van der Waals surface area contributed by atoms with E-state index in [0.29, 0.717) is 0 Å². The van der Waals surface area contributed by atoms with E-state index >= 15 is 0 Å². The van der Waals surface area contributed by atoms with E-state index in [4.69, 9.17) is 0 Å². The Kier molecular flexibility index (Phi) is 6.05. The van der Waals surface area contributed by atoms with Crippen molar-refractivity contribution in [1.29, 1.82) is 0 Å². The number of nitrogens with zero attached hydrogens (tertiary/aromatic N) is 1. The topological polar surface area (TPSA) is 3.24 Å². The predicted molar refractivity (Wildman–Crippen MR) is 182 cm³/mol. The van der Waals surface area contributed by atoms with Crippen LogP contribution in [-0.4, -0.2) is 0 Å². The van der Waals surface area contributed by atoms with Gasteiger partial charge in [0.1, 0.15) is 0 Å². The third-order valence-corrected chi connectivity index (χ3v) is 9.19. The number of para-hydroxylation sites is 1. The molecule has 0 fully saturated rings. The molecule has 8 aromatic rings. The predicted octanol–water partition coefficient (Wildman–Crippen LogP) is 12.0. The molecule has 1 nitrogen and oxygen atoms in total. The minimum Gasteiger partial charge on any atom is -0.309 e. The second kappa shape index (κ2) is 10.3. The zero-order chi connectivity index (χ0) is 27.9. The number of anilines is 3. The number of hydrogen-bond donors (Lipinski definition) is 0. The third kappa shape index (κ3) is 4.25. The normalized spacial score (nSPS) is 11.3. The van der Waals surface area contributed by atoms with E-state index in [1.807, 2.05) is 11.3 Å². The number of benzene rings is 7. The van der Waals surface area contributed by atoms with Gasteiger partial charge in [0.2, 0.25) is 0 Å². The molecule has 8 rings (SSSR count). The first-order chi connectivity index (χ1) is 20.8. The van der Waals surface area contributed by atoms with Gasteiger partial charge in [0.15, 0.2) is 0 Å². The number of thiophene rings is 1. The fourth-order valence-electron chi connectivity index (χ4n) is 6.05. The Morgan fingerprint density at radius 2 is 1.02 bits per heavy atom. The minimum atomic E-state index is 1.13. The smallest absolute Gasteiger partial charge is 0.0540 e. The molecule has 1 heterocycles. The summed E-state index contributed by atoms with van der Waals surface area (Å²) in [4.78, 5) is 2.43. The number of hydrogen-bond acceptors (Lipinski definition) is 2. The zero-order valence-electron chi connectivity index (χ0n) is 22.9. The van der Waals surface area contributed by atoms with Crippen molar-refractivity contribution < 1.29 is 0 Å². The van der Waals surface area contributed by atoms with Gasteiger partial charge in [-0.3, -0.25) is 0 Å². The van der Waals surface area contributed by atoms with Gasteiger partial charge in [-0.25, -0.2) is 0 Å². The summed E-state index contributed by atoms with van der Waals surface area (Å²) in [6.45, 7) is 0. The highest BCUT2D eigenvalue weighted by Crippen LogP contribution is 2.45. The van der Waals surface area contributed by atoms with Crippen LogP contribution in [0.5, 0.6) is 0 Å². The molecule has 0 saturated heterocycles. The van der Waals surface area contributed by atoms with E-state index in [9.17, 15) is 0 Å². The molecule has 0 aliphatic carbocycles. The van der Waals surface area contributed by atoms with E-state index in [2.05, 4.69) is 169 Å². The summed E-state index contributed by atoms with van der Waals surface area (Å²) in [6, 6.07) is 59.2. The molecule has 198 valence electrons. The van der Waals surface area contributed by atoms with Gasteiger partial charge in [-0.15, -0.1) is 11.3 Å². The van der Waals surface area contributed by atoms with Crippen molar-refractivity contribution in [3.05, 3.63) is 164 Å². The van der Waals surface area contributed by atoms with Crippen molar-refractivity contribution in [2.24, 2.45) is 0 Å². The second-order valence-corrected chi connectivity index (χ2v) is 11.7. The van der Waals surface area contributed by atoms with Crippen LogP contribution in [0.2, 0.25) is 0 Å². The van der Waals surface area contributed by atoms with E-state index in [1.165, 1.54) is 58.9 Å². The number of rotatable bonds is 5. The summed E-state index contributed by atoms with van der Waals surface area (Å²) < 4.78 is 2.64. The fourth-order valence-corrected chi connectivity index (χ4v) is 7.17. The van der Waals surface area contributed by atoms with Gasteiger partial charge < -0.3 is 4.90 Å². The van der Waals surface area contributed by atoms with Crippen LogP contribution in [0.3, 0.4) is 0 Å². The highest BCUT2D eigenvalue weighted by Gasteiger charge is 2.20. The van der Waals surface area contributed by atoms with E-state index in [1.54, 1.807) is 0 Å². The lowest BCUT2D eigenvalue weighted by Gasteiger charge is -2.29. The Labute approximate surface area is 249 Å². The van der Waals surface area contributed by atoms with Crippen LogP contribution >= 0.6 is 11.3 Å². The van der Waals surface area contributed by atoms with Gasteiger partial charge in [0, 0.05) is 36.8 Å². The monoisotopic (exact) mass is 553 g/mol. The minimum absolute atomic E-state index is 1.13. The molecule has 42 heavy (non-hydrogen) atoms. The lowest BCUT2D eigenvalue weighted by molar-refractivity contribution is 1.30. The van der Waals surface area contributed by atoms with Crippen LogP contribution in [0.25, 0.3) is 53.2 Å². The van der Waals surface area contributed by atoms with Crippen LogP contribution in [-0.2, 0) is 0 Å². The first-order valence-corrected chi connectivity index (χ1v) is 15.1. The Bertz CT molecular complexity index is 2180. The second-order valence-electron chi connectivity index (χ2n) is 10.6. The van der Waals surface area contributed by atoms with E-state index in [0.717, 1.165) is 11.4 Å². The molecule has 0 spiro atoms. The molecule has 0 amide bonds. The summed E-state index contributed by atoms with van der Waals surface area (Å²) in [7, 11) is 0. The van der Waals surface area contributed by atoms with Gasteiger partial charge in [-0.2, -0.15) is 0 Å². The molecule has 2 heteroatoms. The number of fused-ring (bicyclic) bond motifs is 4. The van der Waals surface area contributed by atoms with Crippen molar-refractivity contribution in [2.45, 2.75) is 0 Å². The van der Waals surface area contributed by atoms with Crippen LogP contribution < -0.4 is 4.90 Å². The van der Waals surface area contributed by atoms with Crippen LogP contribution in [0.15, 0.2) is 164 Å². The van der Waals surface area contributed by atoms with Gasteiger partial charge in [0.25, 0.3) is 0 Å². The first-order valence-electron chi connectivity index (χ1n) is 14.3. The summed E-state index contributed by atoms with van der Waals surface area (Å²) in [5, 5.41) is 5.13. The van der Waals surface area contributed by atoms with Crippen molar-refractivity contribution in [2.75, 3.05) is 4.90 Å². The molecule has 0 unspecified atom stereocenters. The summed E-state index contributed by atoms with van der Waals surface area (Å²) in [6.07, 6.45) is 0.